The molecule has 4 heteroatoms. The number of rotatable bonds is 8. The summed E-state index contributed by atoms with van der Waals surface area (Å²) in [6.07, 6.45) is 2.05. The predicted molar refractivity (Wildman–Crippen MR) is 57.2 cm³/mol. The van der Waals surface area contributed by atoms with Crippen LogP contribution in [0, 0.1) is 0 Å². The third kappa shape index (κ3) is 9.43. The molecule has 0 spiro atoms. The molecule has 0 saturated carbocycles. The second-order valence-corrected chi connectivity index (χ2v) is 3.97. The lowest BCUT2D eigenvalue weighted by atomic mass is 10.2. The van der Waals surface area contributed by atoms with Crippen LogP contribution in [-0.2, 0) is 4.79 Å². The van der Waals surface area contributed by atoms with Gasteiger partial charge in [-0.05, 0) is 6.92 Å². The molecule has 1 atom stereocenters. The maximum atomic E-state index is 10.3. The summed E-state index contributed by atoms with van der Waals surface area (Å²) in [5, 5.41) is 11.6. The van der Waals surface area contributed by atoms with E-state index in [4.69, 9.17) is 5.11 Å². The van der Waals surface area contributed by atoms with E-state index in [0.29, 0.717) is 0 Å². The van der Waals surface area contributed by atoms with E-state index in [9.17, 15) is 4.79 Å². The van der Waals surface area contributed by atoms with Gasteiger partial charge in [-0.25, -0.2) is 0 Å². The number of nitrogens with one attached hydrogen (secondary N) is 1. The van der Waals surface area contributed by atoms with Crippen molar-refractivity contribution in [2.75, 3.05) is 18.1 Å². The van der Waals surface area contributed by atoms with Crippen LogP contribution < -0.4 is 5.32 Å². The van der Waals surface area contributed by atoms with Crippen molar-refractivity contribution in [3.63, 3.8) is 0 Å². The first kappa shape index (κ1) is 12.5. The van der Waals surface area contributed by atoms with Crippen molar-refractivity contribution < 1.29 is 9.90 Å². The van der Waals surface area contributed by atoms with E-state index in [1.54, 1.807) is 11.8 Å². The van der Waals surface area contributed by atoms with Crippen molar-refractivity contribution in [1.29, 1.82) is 0 Å². The number of aliphatic carboxylic acids is 1. The van der Waals surface area contributed by atoms with E-state index in [1.165, 1.54) is 0 Å². The summed E-state index contributed by atoms with van der Waals surface area (Å²) in [6.45, 7) is 6.35. The minimum absolute atomic E-state index is 0.0573. The number of thioether (sulfide) groups is 1. The van der Waals surface area contributed by atoms with Crippen LogP contribution in [0.2, 0.25) is 0 Å². The van der Waals surface area contributed by atoms with Crippen LogP contribution in [0.5, 0.6) is 0 Å². The lowest BCUT2D eigenvalue weighted by Gasteiger charge is -2.10. The normalized spacial score (nSPS) is 12.4. The number of hydrogen-bond acceptors (Lipinski definition) is 3. The fourth-order valence-electron chi connectivity index (χ4n) is 0.878. The number of hydrogen-bond donors (Lipinski definition) is 2. The summed E-state index contributed by atoms with van der Waals surface area (Å²) in [5.41, 5.74) is 0. The van der Waals surface area contributed by atoms with Gasteiger partial charge in [0.1, 0.15) is 0 Å². The van der Waals surface area contributed by atoms with Crippen molar-refractivity contribution in [3.05, 3.63) is 12.7 Å². The van der Waals surface area contributed by atoms with Crippen LogP contribution in [-0.4, -0.2) is 35.2 Å². The molecule has 0 fully saturated rings. The van der Waals surface area contributed by atoms with Crippen LogP contribution in [0.15, 0.2) is 12.7 Å². The molecule has 0 amide bonds. The van der Waals surface area contributed by atoms with Gasteiger partial charge in [0, 0.05) is 24.1 Å². The highest BCUT2D eigenvalue weighted by molar-refractivity contribution is 7.99. The Labute approximate surface area is 83.6 Å². The van der Waals surface area contributed by atoms with Crippen molar-refractivity contribution in [1.82, 2.24) is 5.32 Å². The molecule has 13 heavy (non-hydrogen) atoms. The average molecular weight is 203 g/mol. The van der Waals surface area contributed by atoms with E-state index < -0.39 is 5.97 Å². The molecular formula is C9H17NO2S. The maximum absolute atomic E-state index is 10.3. The smallest absolute Gasteiger partial charge is 0.304 e. The summed E-state index contributed by atoms with van der Waals surface area (Å²) in [7, 11) is 0. The van der Waals surface area contributed by atoms with Gasteiger partial charge < -0.3 is 10.4 Å². The highest BCUT2D eigenvalue weighted by atomic mass is 32.2. The molecule has 0 aliphatic rings. The monoisotopic (exact) mass is 203 g/mol. The standard InChI is InChI=1S/C9H17NO2S/c1-3-5-13-6-4-10-8(2)7-9(11)12/h3,8,10H,1,4-7H2,2H3,(H,11,12). The molecule has 0 aliphatic heterocycles. The van der Waals surface area contributed by atoms with Crippen molar-refractivity contribution in [2.45, 2.75) is 19.4 Å². The number of carboxylic acid groups (broad SMARTS) is 1. The molecule has 0 aromatic carbocycles. The molecule has 0 rings (SSSR count). The van der Waals surface area contributed by atoms with Crippen LogP contribution in [0.25, 0.3) is 0 Å². The molecule has 1 unspecified atom stereocenters. The fourth-order valence-corrected chi connectivity index (χ4v) is 1.47. The Kier molecular flexibility index (Phi) is 7.83. The minimum Gasteiger partial charge on any atom is -0.481 e. The summed E-state index contributed by atoms with van der Waals surface area (Å²) in [6, 6.07) is 0.0573. The summed E-state index contributed by atoms with van der Waals surface area (Å²) >= 11 is 1.79. The predicted octanol–water partition coefficient (Wildman–Crippen LogP) is 1.36. The quantitative estimate of drug-likeness (QED) is 0.462. The zero-order valence-corrected chi connectivity index (χ0v) is 8.77. The van der Waals surface area contributed by atoms with Crippen LogP contribution in [0.3, 0.4) is 0 Å². The highest BCUT2D eigenvalue weighted by Crippen LogP contribution is 1.98. The molecule has 2 N–H and O–H groups in total. The molecule has 76 valence electrons. The Hall–Kier alpha value is -0.480. The highest BCUT2D eigenvalue weighted by Gasteiger charge is 2.05. The van der Waals surface area contributed by atoms with Gasteiger partial charge in [-0.15, -0.1) is 6.58 Å². The van der Waals surface area contributed by atoms with E-state index >= 15 is 0 Å². The first-order chi connectivity index (χ1) is 6.16. The van der Waals surface area contributed by atoms with Gasteiger partial charge in [-0.1, -0.05) is 6.08 Å². The SMILES string of the molecule is C=CCSCCNC(C)CC(=O)O. The van der Waals surface area contributed by atoms with Crippen molar-refractivity contribution >= 4 is 17.7 Å². The van der Waals surface area contributed by atoms with Crippen molar-refractivity contribution in [2.24, 2.45) is 0 Å². The van der Waals surface area contributed by atoms with Gasteiger partial charge in [0.05, 0.1) is 6.42 Å². The Morgan fingerprint density at radius 1 is 1.77 bits per heavy atom. The van der Waals surface area contributed by atoms with Gasteiger partial charge in [0.2, 0.25) is 0 Å². The van der Waals surface area contributed by atoms with Gasteiger partial charge >= 0.3 is 5.97 Å². The average Bonchev–Trinajstić information content (AvgIpc) is 2.02. The number of carbonyl (C=O) groups is 1. The molecule has 3 nitrogen and oxygen atoms in total. The third-order valence-corrected chi connectivity index (χ3v) is 2.42. The molecule has 0 bridgehead atoms. The number of carboxylic acids is 1. The van der Waals surface area contributed by atoms with Crippen LogP contribution in [0.4, 0.5) is 0 Å². The summed E-state index contributed by atoms with van der Waals surface area (Å²) < 4.78 is 0. The zero-order valence-electron chi connectivity index (χ0n) is 7.95. The van der Waals surface area contributed by atoms with Gasteiger partial charge in [-0.2, -0.15) is 11.8 Å². The topological polar surface area (TPSA) is 49.3 Å². The molecule has 0 aromatic heterocycles. The van der Waals surface area contributed by atoms with Crippen LogP contribution in [0.1, 0.15) is 13.3 Å². The van der Waals surface area contributed by atoms with Crippen molar-refractivity contribution in [3.8, 4) is 0 Å². The Balaban J connectivity index is 3.21. The van der Waals surface area contributed by atoms with E-state index in [1.807, 2.05) is 13.0 Å². The first-order valence-corrected chi connectivity index (χ1v) is 5.46. The fraction of sp³-hybridized carbons (Fsp3) is 0.667. The lowest BCUT2D eigenvalue weighted by Crippen LogP contribution is -2.30. The Bertz CT molecular complexity index is 162. The third-order valence-electron chi connectivity index (χ3n) is 1.46. The van der Waals surface area contributed by atoms with Gasteiger partial charge in [0.15, 0.2) is 0 Å². The second kappa shape index (κ2) is 8.13. The molecule has 0 heterocycles. The largest absolute Gasteiger partial charge is 0.481 e. The Morgan fingerprint density at radius 3 is 3.00 bits per heavy atom. The van der Waals surface area contributed by atoms with Gasteiger partial charge in [0.25, 0.3) is 0 Å². The lowest BCUT2D eigenvalue weighted by molar-refractivity contribution is -0.137. The first-order valence-electron chi connectivity index (χ1n) is 4.30. The molecule has 0 aliphatic carbocycles. The minimum atomic E-state index is -0.751. The Morgan fingerprint density at radius 2 is 2.46 bits per heavy atom. The summed E-state index contributed by atoms with van der Waals surface area (Å²) in [4.78, 5) is 10.3. The van der Waals surface area contributed by atoms with Crippen LogP contribution >= 0.6 is 11.8 Å². The van der Waals surface area contributed by atoms with E-state index in [0.717, 1.165) is 18.1 Å². The van der Waals surface area contributed by atoms with E-state index in [2.05, 4.69) is 11.9 Å². The molecule has 0 radical (unpaired) electrons. The maximum Gasteiger partial charge on any atom is 0.304 e. The van der Waals surface area contributed by atoms with E-state index in [-0.39, 0.29) is 12.5 Å². The zero-order chi connectivity index (χ0) is 10.1. The molecule has 0 saturated heterocycles. The summed E-state index contributed by atoms with van der Waals surface area (Å²) in [5.74, 6) is 1.20. The molecular weight excluding hydrogens is 186 g/mol. The van der Waals surface area contributed by atoms with Gasteiger partial charge in [-0.3, -0.25) is 4.79 Å². The molecule has 0 aromatic rings. The second-order valence-electron chi connectivity index (χ2n) is 2.82.